The van der Waals surface area contributed by atoms with Gasteiger partial charge in [-0.3, -0.25) is 34.2 Å². The van der Waals surface area contributed by atoms with E-state index in [4.69, 9.17) is 0 Å². The zero-order chi connectivity index (χ0) is 40.6. The van der Waals surface area contributed by atoms with E-state index < -0.39 is 39.5 Å². The van der Waals surface area contributed by atoms with Gasteiger partial charge in [-0.1, -0.05) is 18.2 Å². The number of nitrogens with one attached hydrogen (secondary N) is 3. The van der Waals surface area contributed by atoms with Crippen LogP contribution >= 0.6 is 0 Å². The normalized spacial score (nSPS) is 17.1. The lowest BCUT2D eigenvalue weighted by Gasteiger charge is -2.36. The Morgan fingerprint density at radius 3 is 2.29 bits per heavy atom. The predicted molar refractivity (Wildman–Crippen MR) is 216 cm³/mol. The monoisotopic (exact) mass is 803 g/mol. The number of imide groups is 2. The van der Waals surface area contributed by atoms with Crippen LogP contribution in [-0.4, -0.2) is 107 Å². The number of unbranched alkanes of at least 4 members (excludes halogenated alkanes) is 1. The highest BCUT2D eigenvalue weighted by Gasteiger charge is 2.44. The molecule has 8 rings (SSSR count). The van der Waals surface area contributed by atoms with Crippen LogP contribution in [0.1, 0.15) is 52.8 Å². The molecule has 0 radical (unpaired) electrons. The number of pyridine rings is 1. The lowest BCUT2D eigenvalue weighted by atomic mass is 10.0. The maximum absolute atomic E-state index is 13.1. The van der Waals surface area contributed by atoms with Crippen molar-refractivity contribution in [1.82, 2.24) is 29.7 Å². The summed E-state index contributed by atoms with van der Waals surface area (Å²) >= 11 is 0. The molecule has 5 heterocycles. The molecule has 298 valence electrons. The van der Waals surface area contributed by atoms with Crippen molar-refractivity contribution >= 4 is 68.0 Å². The minimum Gasteiger partial charge on any atom is -0.385 e. The fraction of sp³-hybridized carbons (Fsp3) is 0.293. The van der Waals surface area contributed by atoms with E-state index in [0.29, 0.717) is 62.8 Å². The van der Waals surface area contributed by atoms with Crippen LogP contribution in [0.2, 0.25) is 0 Å². The number of aromatic nitrogens is 3. The highest BCUT2D eigenvalue weighted by atomic mass is 32.2. The third-order valence-electron chi connectivity index (χ3n) is 10.6. The minimum atomic E-state index is -3.30. The zero-order valence-electron chi connectivity index (χ0n) is 31.7. The lowest BCUT2D eigenvalue weighted by molar-refractivity contribution is -0.136. The summed E-state index contributed by atoms with van der Waals surface area (Å²) in [5.41, 5.74) is 5.21. The predicted octanol–water partition coefficient (Wildman–Crippen LogP) is 3.88. The van der Waals surface area contributed by atoms with Crippen LogP contribution < -0.4 is 20.9 Å². The van der Waals surface area contributed by atoms with Gasteiger partial charge in [-0.25, -0.2) is 12.9 Å². The van der Waals surface area contributed by atoms with Crippen LogP contribution in [-0.2, 0) is 24.2 Å². The number of amides is 5. The van der Waals surface area contributed by atoms with E-state index in [1.807, 2.05) is 47.4 Å². The molecular weight excluding hydrogens is 763 g/mol. The molecule has 1 unspecified atom stereocenters. The Labute approximate surface area is 334 Å². The van der Waals surface area contributed by atoms with Gasteiger partial charge in [0.1, 0.15) is 6.04 Å². The maximum Gasteiger partial charge on any atom is 0.262 e. The van der Waals surface area contributed by atoms with Crippen molar-refractivity contribution in [2.75, 3.05) is 54.5 Å². The quantitative estimate of drug-likeness (QED) is 0.122. The molecule has 0 bridgehead atoms. The molecule has 16 nitrogen and oxygen atoms in total. The number of hydrogen-bond donors (Lipinski definition) is 3. The zero-order valence-corrected chi connectivity index (χ0v) is 32.5. The minimum absolute atomic E-state index is 0.0642. The number of anilines is 4. The first-order valence-corrected chi connectivity index (χ1v) is 21.0. The second-order valence-corrected chi connectivity index (χ2v) is 16.6. The third kappa shape index (κ3) is 7.84. The Bertz CT molecular complexity index is 2550. The number of benzene rings is 3. The van der Waals surface area contributed by atoms with Crippen LogP contribution in [0.4, 0.5) is 23.0 Å². The summed E-state index contributed by atoms with van der Waals surface area (Å²) in [4.78, 5) is 72.9. The van der Waals surface area contributed by atoms with Gasteiger partial charge in [0.05, 0.1) is 21.7 Å². The summed E-state index contributed by atoms with van der Waals surface area (Å²) in [6.45, 7) is 3.24. The number of piperazine rings is 1. The first-order chi connectivity index (χ1) is 27.9. The Morgan fingerprint density at radius 1 is 0.845 bits per heavy atom. The summed E-state index contributed by atoms with van der Waals surface area (Å²) < 4.78 is 25.5. The van der Waals surface area contributed by atoms with Crippen LogP contribution in [0.5, 0.6) is 0 Å². The smallest absolute Gasteiger partial charge is 0.262 e. The van der Waals surface area contributed by atoms with Crippen molar-refractivity contribution in [3.63, 3.8) is 0 Å². The molecule has 3 aromatic carbocycles. The first kappa shape index (κ1) is 38.3. The molecule has 58 heavy (non-hydrogen) atoms. The van der Waals surface area contributed by atoms with E-state index >= 15 is 0 Å². The molecule has 2 saturated heterocycles. The van der Waals surface area contributed by atoms with Crippen molar-refractivity contribution < 1.29 is 32.4 Å². The Morgan fingerprint density at radius 2 is 1.57 bits per heavy atom. The number of carbonyl (C=O) groups excluding carboxylic acids is 5. The largest absolute Gasteiger partial charge is 0.385 e. The highest BCUT2D eigenvalue weighted by Crippen LogP contribution is 2.30. The number of carbonyl (C=O) groups is 5. The number of rotatable bonds is 12. The van der Waals surface area contributed by atoms with Crippen LogP contribution in [0.25, 0.3) is 16.9 Å². The highest BCUT2D eigenvalue weighted by molar-refractivity contribution is 7.90. The maximum atomic E-state index is 13.1. The van der Waals surface area contributed by atoms with Gasteiger partial charge in [0.25, 0.3) is 11.8 Å². The van der Waals surface area contributed by atoms with Crippen LogP contribution in [0, 0.1) is 0 Å². The molecule has 0 spiro atoms. The van der Waals surface area contributed by atoms with Gasteiger partial charge < -0.3 is 20.4 Å². The van der Waals surface area contributed by atoms with Crippen molar-refractivity contribution in [3.8, 4) is 11.3 Å². The first-order valence-electron chi connectivity index (χ1n) is 19.1. The summed E-state index contributed by atoms with van der Waals surface area (Å²) in [5, 5.41) is 13.4. The molecule has 0 saturated carbocycles. The fourth-order valence-electron chi connectivity index (χ4n) is 7.52. The molecule has 3 N–H and O–H groups in total. The molecule has 0 aliphatic carbocycles. The van der Waals surface area contributed by atoms with Crippen molar-refractivity contribution in [3.05, 3.63) is 96.1 Å². The molecule has 2 aromatic heterocycles. The van der Waals surface area contributed by atoms with Gasteiger partial charge >= 0.3 is 0 Å². The number of nitrogens with zero attached hydrogens (tertiary/aromatic N) is 6. The number of hydrogen-bond acceptors (Lipinski definition) is 12. The number of piperidine rings is 1. The van der Waals surface area contributed by atoms with E-state index in [2.05, 4.69) is 30.9 Å². The van der Waals surface area contributed by atoms with E-state index in [1.165, 1.54) is 6.26 Å². The van der Waals surface area contributed by atoms with Gasteiger partial charge in [-0.05, 0) is 86.0 Å². The molecule has 2 fully saturated rings. The van der Waals surface area contributed by atoms with Gasteiger partial charge in [-0.2, -0.15) is 4.98 Å². The number of fused-ring (bicyclic) bond motifs is 2. The summed E-state index contributed by atoms with van der Waals surface area (Å²) in [7, 11) is -3.30. The van der Waals surface area contributed by atoms with Crippen LogP contribution in [0.15, 0.2) is 89.8 Å². The SMILES string of the molecule is CS(=O)(=O)c1ccc(-c2cccc3nc(Nc4ccc(N5CCN(C(=O)CCCCNc6ccc7c(c6)C(=O)N(C6CCC(=O)NC6=O)C7=O)CC5)cc4)nn23)cc1. The van der Waals surface area contributed by atoms with Gasteiger partial charge in [0.15, 0.2) is 15.5 Å². The summed E-state index contributed by atoms with van der Waals surface area (Å²) in [6, 6.07) is 24.2. The second kappa shape index (κ2) is 15.7. The molecule has 3 aliphatic rings. The fourth-order valence-corrected chi connectivity index (χ4v) is 8.15. The second-order valence-electron chi connectivity index (χ2n) is 14.5. The Balaban J connectivity index is 0.776. The van der Waals surface area contributed by atoms with Crippen molar-refractivity contribution in [2.45, 2.75) is 43.0 Å². The van der Waals surface area contributed by atoms with E-state index in [1.54, 1.807) is 47.0 Å². The molecule has 5 amide bonds. The summed E-state index contributed by atoms with van der Waals surface area (Å²) in [5.74, 6) is -1.61. The Kier molecular flexibility index (Phi) is 10.4. The molecule has 3 aliphatic heterocycles. The molecule has 1 atom stereocenters. The van der Waals surface area contributed by atoms with Crippen LogP contribution in [0.3, 0.4) is 0 Å². The average Bonchev–Trinajstić information content (AvgIpc) is 3.74. The van der Waals surface area contributed by atoms with E-state index in [0.717, 1.165) is 34.0 Å². The number of sulfone groups is 1. The van der Waals surface area contributed by atoms with Gasteiger partial charge in [0.2, 0.25) is 23.7 Å². The average molecular weight is 804 g/mol. The topological polar surface area (TPSA) is 195 Å². The lowest BCUT2D eigenvalue weighted by Crippen LogP contribution is -2.54. The molecular formula is C41H41N9O7S. The Hall–Kier alpha value is -6.62. The van der Waals surface area contributed by atoms with E-state index in [9.17, 15) is 32.4 Å². The summed E-state index contributed by atoms with van der Waals surface area (Å²) in [6.07, 6.45) is 3.19. The van der Waals surface area contributed by atoms with E-state index in [-0.39, 0.29) is 34.8 Å². The third-order valence-corrected chi connectivity index (χ3v) is 11.8. The van der Waals surface area contributed by atoms with Crippen molar-refractivity contribution in [2.24, 2.45) is 0 Å². The van der Waals surface area contributed by atoms with Gasteiger partial charge in [0, 0.05) is 74.4 Å². The van der Waals surface area contributed by atoms with Gasteiger partial charge in [-0.15, -0.1) is 5.10 Å². The molecule has 5 aromatic rings. The standard InChI is InChI=1S/C41H41N9O7S/c1-58(56,57)30-15-8-26(9-16-30)33-5-4-6-35-44-41(46-50(33)35)43-27-10-13-29(14-11-27)47-21-23-48(24-22-47)37(52)7-2-3-20-42-28-12-17-31-32(25-28)40(55)49(39(31)54)34-18-19-36(51)45-38(34)53/h4-6,8-17,25,34,42H,2-3,7,18-24H2,1H3,(H,43,46)(H,45,51,53). The molecule has 17 heteroatoms. The van der Waals surface area contributed by atoms with Crippen molar-refractivity contribution in [1.29, 1.82) is 0 Å².